The number of aromatic nitrogens is 2. The fourth-order valence-corrected chi connectivity index (χ4v) is 2.46. The van der Waals surface area contributed by atoms with Gasteiger partial charge in [-0.1, -0.05) is 20.8 Å². The van der Waals surface area contributed by atoms with E-state index in [2.05, 4.69) is 41.4 Å². The van der Waals surface area contributed by atoms with Crippen molar-refractivity contribution in [1.82, 2.24) is 15.3 Å². The van der Waals surface area contributed by atoms with Crippen molar-refractivity contribution in [3.8, 4) is 0 Å². The first kappa shape index (κ1) is 16.4. The van der Waals surface area contributed by atoms with Crippen molar-refractivity contribution in [2.45, 2.75) is 53.5 Å². The zero-order valence-corrected chi connectivity index (χ0v) is 13.4. The van der Waals surface area contributed by atoms with E-state index >= 15 is 0 Å². The van der Waals surface area contributed by atoms with Gasteiger partial charge in [-0.2, -0.15) is 0 Å². The highest BCUT2D eigenvalue weighted by Gasteiger charge is 2.27. The molecule has 0 aliphatic heterocycles. The molecular weight excluding hydrogens is 252 g/mol. The van der Waals surface area contributed by atoms with Gasteiger partial charge in [-0.05, 0) is 32.6 Å². The Morgan fingerprint density at radius 2 is 1.80 bits per heavy atom. The first-order valence-corrected chi connectivity index (χ1v) is 7.01. The lowest BCUT2D eigenvalue weighted by atomic mass is 9.82. The summed E-state index contributed by atoms with van der Waals surface area (Å²) >= 11 is 0. The van der Waals surface area contributed by atoms with E-state index in [0.717, 1.165) is 13.0 Å². The van der Waals surface area contributed by atoms with Gasteiger partial charge in [0.15, 0.2) is 0 Å². The second-order valence-electron chi connectivity index (χ2n) is 6.89. The molecule has 0 atom stereocenters. The quantitative estimate of drug-likeness (QED) is 0.869. The predicted octanol–water partition coefficient (Wildman–Crippen LogP) is 2.85. The van der Waals surface area contributed by atoms with Gasteiger partial charge in [0.25, 0.3) is 5.91 Å². The molecule has 112 valence electrons. The van der Waals surface area contributed by atoms with Crippen molar-refractivity contribution in [2.75, 3.05) is 11.9 Å². The summed E-state index contributed by atoms with van der Waals surface area (Å²) in [6.07, 6.45) is 3.96. The number of hydrogen-bond acceptors (Lipinski definition) is 4. The molecule has 0 aliphatic carbocycles. The maximum absolute atomic E-state index is 12.2. The van der Waals surface area contributed by atoms with E-state index in [9.17, 15) is 4.79 Å². The topological polar surface area (TPSA) is 66.9 Å². The minimum atomic E-state index is -0.280. The third-order valence-electron chi connectivity index (χ3n) is 2.67. The molecule has 1 aromatic heterocycles. The molecule has 1 heterocycles. The predicted molar refractivity (Wildman–Crippen MR) is 81.8 cm³/mol. The van der Waals surface area contributed by atoms with Gasteiger partial charge in [-0.15, -0.1) is 0 Å². The van der Waals surface area contributed by atoms with Crippen molar-refractivity contribution >= 4 is 11.7 Å². The minimum Gasteiger partial charge on any atom is -0.369 e. The second-order valence-corrected chi connectivity index (χ2v) is 6.89. The molecule has 1 rings (SSSR count). The number of amides is 1. The van der Waals surface area contributed by atoms with Crippen molar-refractivity contribution in [3.05, 3.63) is 18.1 Å². The fourth-order valence-electron chi connectivity index (χ4n) is 2.46. The van der Waals surface area contributed by atoms with Crippen LogP contribution >= 0.6 is 0 Å². The highest BCUT2D eigenvalue weighted by atomic mass is 16.2. The minimum absolute atomic E-state index is 0.150. The Morgan fingerprint density at radius 1 is 1.15 bits per heavy atom. The molecule has 0 saturated carbocycles. The summed E-state index contributed by atoms with van der Waals surface area (Å²) < 4.78 is 0. The number of carbonyl (C=O) groups is 1. The number of carbonyl (C=O) groups excluding carboxylic acids is 1. The molecule has 0 aromatic carbocycles. The number of anilines is 1. The molecule has 0 aliphatic rings. The molecule has 0 fully saturated rings. The molecule has 0 bridgehead atoms. The lowest BCUT2D eigenvalue weighted by molar-refractivity contribution is 0.0886. The maximum atomic E-state index is 12.2. The van der Waals surface area contributed by atoms with Gasteiger partial charge in [-0.3, -0.25) is 4.79 Å². The van der Waals surface area contributed by atoms with E-state index < -0.39 is 0 Å². The Bertz CT molecular complexity index is 446. The van der Waals surface area contributed by atoms with E-state index in [0.29, 0.717) is 11.5 Å². The lowest BCUT2D eigenvalue weighted by Crippen LogP contribution is -2.46. The van der Waals surface area contributed by atoms with E-state index in [1.807, 2.05) is 20.8 Å². The molecule has 0 spiro atoms. The van der Waals surface area contributed by atoms with Crippen LogP contribution in [-0.2, 0) is 0 Å². The van der Waals surface area contributed by atoms with Crippen molar-refractivity contribution < 1.29 is 4.79 Å². The Hall–Kier alpha value is -1.65. The van der Waals surface area contributed by atoms with E-state index in [1.165, 1.54) is 6.20 Å². The first-order valence-electron chi connectivity index (χ1n) is 7.01. The zero-order chi connectivity index (χ0) is 15.4. The van der Waals surface area contributed by atoms with Crippen LogP contribution < -0.4 is 10.6 Å². The van der Waals surface area contributed by atoms with Gasteiger partial charge < -0.3 is 10.6 Å². The summed E-state index contributed by atoms with van der Waals surface area (Å²) in [4.78, 5) is 20.5. The molecule has 5 heteroatoms. The number of nitrogens with zero attached hydrogens (tertiary/aromatic N) is 2. The van der Waals surface area contributed by atoms with Crippen LogP contribution in [0, 0.1) is 5.41 Å². The molecule has 20 heavy (non-hydrogen) atoms. The summed E-state index contributed by atoms with van der Waals surface area (Å²) in [5.74, 6) is 0.493. The standard InChI is InChI=1S/C15H26N4O/c1-7-16-12-9-17-11(8-18-12)13(20)19-15(5,6)10-14(2,3)4/h8-9H,7,10H2,1-6H3,(H,16,18)(H,19,20). The van der Waals surface area contributed by atoms with Crippen LogP contribution in [0.15, 0.2) is 12.4 Å². The molecule has 0 saturated heterocycles. The van der Waals surface area contributed by atoms with E-state index in [1.54, 1.807) is 6.20 Å². The van der Waals surface area contributed by atoms with Gasteiger partial charge in [0, 0.05) is 12.1 Å². The molecule has 0 radical (unpaired) electrons. The van der Waals surface area contributed by atoms with Gasteiger partial charge in [0.2, 0.25) is 0 Å². The Balaban J connectivity index is 2.70. The first-order chi connectivity index (χ1) is 9.13. The highest BCUT2D eigenvalue weighted by Crippen LogP contribution is 2.26. The highest BCUT2D eigenvalue weighted by molar-refractivity contribution is 5.92. The number of hydrogen-bond donors (Lipinski definition) is 2. The second kappa shape index (κ2) is 6.20. The van der Waals surface area contributed by atoms with Gasteiger partial charge >= 0.3 is 0 Å². The van der Waals surface area contributed by atoms with Crippen LogP contribution in [0.5, 0.6) is 0 Å². The summed E-state index contributed by atoms with van der Waals surface area (Å²) in [7, 11) is 0. The lowest BCUT2D eigenvalue weighted by Gasteiger charge is -2.33. The largest absolute Gasteiger partial charge is 0.369 e. The molecular formula is C15H26N4O. The van der Waals surface area contributed by atoms with Crippen molar-refractivity contribution in [2.24, 2.45) is 5.41 Å². The average Bonchev–Trinajstić information content (AvgIpc) is 2.26. The van der Waals surface area contributed by atoms with E-state index in [4.69, 9.17) is 0 Å². The fraction of sp³-hybridized carbons (Fsp3) is 0.667. The third-order valence-corrected chi connectivity index (χ3v) is 2.67. The molecule has 5 nitrogen and oxygen atoms in total. The Morgan fingerprint density at radius 3 is 2.25 bits per heavy atom. The van der Waals surface area contributed by atoms with Crippen LogP contribution in [0.25, 0.3) is 0 Å². The van der Waals surface area contributed by atoms with Crippen LogP contribution in [0.2, 0.25) is 0 Å². The zero-order valence-electron chi connectivity index (χ0n) is 13.4. The summed E-state index contributed by atoms with van der Waals surface area (Å²) in [6.45, 7) is 13.3. The molecule has 2 N–H and O–H groups in total. The van der Waals surface area contributed by atoms with Gasteiger partial charge in [0.05, 0.1) is 12.4 Å². The van der Waals surface area contributed by atoms with Crippen LogP contribution in [0.3, 0.4) is 0 Å². The van der Waals surface area contributed by atoms with Gasteiger partial charge in [-0.25, -0.2) is 9.97 Å². The van der Waals surface area contributed by atoms with E-state index in [-0.39, 0.29) is 16.9 Å². The van der Waals surface area contributed by atoms with Crippen LogP contribution in [0.1, 0.15) is 58.5 Å². The molecule has 1 aromatic rings. The average molecular weight is 278 g/mol. The smallest absolute Gasteiger partial charge is 0.271 e. The van der Waals surface area contributed by atoms with Crippen molar-refractivity contribution in [3.63, 3.8) is 0 Å². The summed E-state index contributed by atoms with van der Waals surface area (Å²) in [6, 6.07) is 0. The maximum Gasteiger partial charge on any atom is 0.271 e. The SMILES string of the molecule is CCNc1cnc(C(=O)NC(C)(C)CC(C)(C)C)cn1. The summed E-state index contributed by atoms with van der Waals surface area (Å²) in [5.41, 5.74) is 0.211. The summed E-state index contributed by atoms with van der Waals surface area (Å²) in [5, 5.41) is 6.07. The van der Waals surface area contributed by atoms with Gasteiger partial charge in [0.1, 0.15) is 11.5 Å². The van der Waals surface area contributed by atoms with Crippen molar-refractivity contribution in [1.29, 1.82) is 0 Å². The van der Waals surface area contributed by atoms with Crippen LogP contribution in [0.4, 0.5) is 5.82 Å². The Kier molecular flexibility index (Phi) is 5.09. The normalized spacial score (nSPS) is 12.1. The molecule has 0 unspecified atom stereocenters. The number of rotatable bonds is 5. The third kappa shape index (κ3) is 5.55. The number of nitrogens with one attached hydrogen (secondary N) is 2. The Labute approximate surface area is 121 Å². The molecule has 1 amide bonds. The monoisotopic (exact) mass is 278 g/mol. The van der Waals surface area contributed by atoms with Crippen LogP contribution in [-0.4, -0.2) is 28.0 Å².